The highest BCUT2D eigenvalue weighted by Gasteiger charge is 2.74. The number of hydrogen-bond acceptors (Lipinski definition) is 31. The molecule has 33 heteroatoms. The van der Waals surface area contributed by atoms with Gasteiger partial charge in [-0.25, -0.2) is 0 Å². The van der Waals surface area contributed by atoms with Gasteiger partial charge < -0.3 is 155 Å². The molecular formula is C40H66N2O31. The summed E-state index contributed by atoms with van der Waals surface area (Å²) in [6.07, 6.45) is -53.4. The van der Waals surface area contributed by atoms with Gasteiger partial charge in [0.2, 0.25) is 17.6 Å². The number of rotatable bonds is 16. The second-order valence-electron chi connectivity index (χ2n) is 18.7. The predicted octanol–water partition coefficient (Wildman–Crippen LogP) is -14.1. The van der Waals surface area contributed by atoms with Crippen molar-refractivity contribution in [3.05, 3.63) is 0 Å². The molecule has 0 aliphatic carbocycles. The van der Waals surface area contributed by atoms with Crippen LogP contribution >= 0.6 is 0 Å². The molecule has 422 valence electrons. The normalized spacial score (nSPS) is 52.4. The average molecular weight is 1070 g/mol. The van der Waals surface area contributed by atoms with Gasteiger partial charge in [0.15, 0.2) is 31.5 Å². The summed E-state index contributed by atoms with van der Waals surface area (Å²) in [7, 11) is 0. The van der Waals surface area contributed by atoms with Crippen LogP contribution in [0.1, 0.15) is 13.8 Å². The van der Waals surface area contributed by atoms with E-state index in [-0.39, 0.29) is 0 Å². The standard InChI is InChI=1S/C40H66N2O31/c1-8(47)41-15-20(52)29(12(5-45)64-35(15)62)68-36-16(42-9(2)48)21(53)30(13(6-46)66-36)69-39-26(58)23(55)19(51)14(67-39)7-63-37-28(60)31(70-38-25(57)22(54)17(49)10(3-43)65-38)27(59)32(71-37)34-40(73-34)33(61)24(56)18(50)11(4-44)72-40/h10-39,43-46,49-62H,3-7H2,1-2H3,(H,41,47)(H,42,48)/t10-,11-,12-,13-,14-,15-,16-,17-,18-,19-,20-,21-,22+,23+,24+,25+,26+,27+,28+,29-,30-,31+,32+,33+,34+,35-,36+,37+,38-,39+,40+/m1/s1. The van der Waals surface area contributed by atoms with Crippen LogP contribution in [0.5, 0.6) is 0 Å². The van der Waals surface area contributed by atoms with Crippen LogP contribution in [0.4, 0.5) is 0 Å². The molecule has 0 aromatic carbocycles. The topological polar surface area (TPSA) is 527 Å². The Hall–Kier alpha value is -2.22. The maximum atomic E-state index is 12.4. The van der Waals surface area contributed by atoms with Gasteiger partial charge in [-0.3, -0.25) is 9.59 Å². The molecule has 0 saturated carbocycles. The first kappa shape index (κ1) is 58.5. The lowest BCUT2D eigenvalue weighted by Crippen LogP contribution is -2.70. The Labute approximate surface area is 412 Å². The average Bonchev–Trinajstić information content (AvgIpc) is 4.08. The van der Waals surface area contributed by atoms with E-state index in [1.54, 1.807) is 0 Å². The lowest BCUT2D eigenvalue weighted by molar-refractivity contribution is -0.373. The van der Waals surface area contributed by atoms with Gasteiger partial charge in [-0.05, 0) is 0 Å². The molecule has 0 unspecified atom stereocenters. The quantitative estimate of drug-likeness (QED) is 0.0638. The van der Waals surface area contributed by atoms with Crippen LogP contribution in [0.2, 0.25) is 0 Å². The number of amides is 2. The third-order valence-electron chi connectivity index (χ3n) is 13.8. The van der Waals surface area contributed by atoms with Gasteiger partial charge in [-0.1, -0.05) is 0 Å². The van der Waals surface area contributed by atoms with E-state index in [2.05, 4.69) is 10.6 Å². The highest BCUT2D eigenvalue weighted by molar-refractivity contribution is 5.73. The summed E-state index contributed by atoms with van der Waals surface area (Å²) in [6, 6.07) is -3.21. The molecule has 20 N–H and O–H groups in total. The van der Waals surface area contributed by atoms with Crippen molar-refractivity contribution in [2.24, 2.45) is 0 Å². The molecule has 31 atom stereocenters. The molecule has 0 radical (unpaired) electrons. The van der Waals surface area contributed by atoms with E-state index in [1.807, 2.05) is 0 Å². The van der Waals surface area contributed by atoms with Crippen LogP contribution in [0.25, 0.3) is 0 Å². The summed E-state index contributed by atoms with van der Waals surface area (Å²) in [5.74, 6) is -3.81. The van der Waals surface area contributed by atoms with Crippen molar-refractivity contribution >= 4 is 11.8 Å². The van der Waals surface area contributed by atoms with Crippen molar-refractivity contribution in [1.82, 2.24) is 10.6 Å². The molecule has 0 bridgehead atoms. The molecule has 7 rings (SSSR count). The molecule has 33 nitrogen and oxygen atoms in total. The summed E-state index contributed by atoms with van der Waals surface area (Å²) in [4.78, 5) is 24.3. The van der Waals surface area contributed by atoms with Gasteiger partial charge in [0.1, 0.15) is 152 Å². The van der Waals surface area contributed by atoms with Crippen LogP contribution in [-0.2, 0) is 61.7 Å². The minimum Gasteiger partial charge on any atom is -0.394 e. The Morgan fingerprint density at radius 1 is 0.438 bits per heavy atom. The van der Waals surface area contributed by atoms with Crippen molar-refractivity contribution in [3.8, 4) is 0 Å². The smallest absolute Gasteiger partial charge is 0.228 e. The van der Waals surface area contributed by atoms with Gasteiger partial charge >= 0.3 is 0 Å². The van der Waals surface area contributed by atoms with Gasteiger partial charge in [-0.2, -0.15) is 0 Å². The number of ether oxygens (including phenoxy) is 11. The molecule has 7 heterocycles. The molecule has 2 amide bonds. The highest BCUT2D eigenvalue weighted by atomic mass is 16.8. The summed E-state index contributed by atoms with van der Waals surface area (Å²) in [6.45, 7) is -2.57. The van der Waals surface area contributed by atoms with Crippen LogP contribution in [0.15, 0.2) is 0 Å². The SMILES string of the molecule is CC(=O)N[C@@H]1[C@@H](O)[C@H](O[C@@H]2O[C@H](CO)[C@@H](O[C@@H]3O[C@H](CO[C@H]4O[C@H]([C@@H]5O[C@]56O[C@H](CO)[C@@H](O)[C@H](O)[C@@H]6O)[C@@H](O)[C@H](O[C@H]5O[C@H](CO)[C@@H](O)[C@H](O)[C@@H]5O)[C@@H]4O)[C@@H](O)[C@H](O)[C@@H]3O)[C@H](O)[C@H]2NC(C)=O)[C@@H](CO)O[C@H]1O. The van der Waals surface area contributed by atoms with E-state index in [9.17, 15) is 102 Å². The number of aliphatic hydroxyl groups excluding tert-OH is 18. The zero-order valence-corrected chi connectivity index (χ0v) is 38.7. The second-order valence-corrected chi connectivity index (χ2v) is 18.7. The van der Waals surface area contributed by atoms with Crippen molar-refractivity contribution in [2.45, 2.75) is 204 Å². The third kappa shape index (κ3) is 11.5. The maximum absolute atomic E-state index is 12.4. The van der Waals surface area contributed by atoms with Crippen molar-refractivity contribution in [1.29, 1.82) is 0 Å². The number of hydrogen-bond donors (Lipinski definition) is 20. The molecule has 7 aliphatic rings. The van der Waals surface area contributed by atoms with Gasteiger partial charge in [0.25, 0.3) is 0 Å². The first-order valence-electron chi connectivity index (χ1n) is 23.2. The van der Waals surface area contributed by atoms with E-state index in [0.717, 1.165) is 13.8 Å². The lowest BCUT2D eigenvalue weighted by atomic mass is 9.88. The summed E-state index contributed by atoms with van der Waals surface area (Å²) in [5.41, 5.74) is 0. The van der Waals surface area contributed by atoms with E-state index in [1.165, 1.54) is 0 Å². The number of carbonyl (C=O) groups is 2. The van der Waals surface area contributed by atoms with E-state index < -0.39 is 235 Å². The fraction of sp³-hybridized carbons (Fsp3) is 0.950. The van der Waals surface area contributed by atoms with E-state index >= 15 is 0 Å². The highest BCUT2D eigenvalue weighted by Crippen LogP contribution is 2.51. The lowest BCUT2D eigenvalue weighted by Gasteiger charge is -2.49. The van der Waals surface area contributed by atoms with E-state index in [0.29, 0.717) is 0 Å². The fourth-order valence-electron chi connectivity index (χ4n) is 9.75. The monoisotopic (exact) mass is 1070 g/mol. The van der Waals surface area contributed by atoms with Gasteiger partial charge in [0.05, 0.1) is 33.0 Å². The first-order chi connectivity index (χ1) is 34.4. The molecule has 7 saturated heterocycles. The molecule has 73 heavy (non-hydrogen) atoms. The van der Waals surface area contributed by atoms with Crippen LogP contribution < -0.4 is 10.6 Å². The van der Waals surface area contributed by atoms with Gasteiger partial charge in [-0.15, -0.1) is 0 Å². The molecule has 7 aliphatic heterocycles. The molecule has 0 aromatic rings. The van der Waals surface area contributed by atoms with Crippen molar-refractivity contribution in [3.63, 3.8) is 0 Å². The minimum absolute atomic E-state index is 0.703. The maximum Gasteiger partial charge on any atom is 0.228 e. The number of epoxide rings is 1. The zero-order valence-electron chi connectivity index (χ0n) is 38.7. The zero-order chi connectivity index (χ0) is 53.7. The van der Waals surface area contributed by atoms with Gasteiger partial charge in [0, 0.05) is 13.8 Å². The summed E-state index contributed by atoms with van der Waals surface area (Å²) < 4.78 is 62.7. The largest absolute Gasteiger partial charge is 0.394 e. The van der Waals surface area contributed by atoms with Crippen molar-refractivity contribution in [2.75, 3.05) is 33.0 Å². The molecule has 0 aromatic heterocycles. The van der Waals surface area contributed by atoms with E-state index in [4.69, 9.17) is 52.1 Å². The second kappa shape index (κ2) is 23.8. The molecule has 1 spiro atoms. The Kier molecular flexibility index (Phi) is 19.1. The summed E-state index contributed by atoms with van der Waals surface area (Å²) in [5, 5.41) is 198. The van der Waals surface area contributed by atoms with Crippen molar-refractivity contribution < 1.29 is 154 Å². The van der Waals surface area contributed by atoms with Crippen LogP contribution in [0.3, 0.4) is 0 Å². The van der Waals surface area contributed by atoms with Crippen LogP contribution in [0, 0.1) is 0 Å². The Morgan fingerprint density at radius 3 is 1.47 bits per heavy atom. The minimum atomic E-state index is -2.30. The molecular weight excluding hydrogens is 1000 g/mol. The predicted molar refractivity (Wildman–Crippen MR) is 220 cm³/mol. The number of nitrogens with one attached hydrogen (secondary N) is 2. The summed E-state index contributed by atoms with van der Waals surface area (Å²) >= 11 is 0. The molecule has 7 fully saturated rings. The Bertz CT molecular complexity index is 1830. The Balaban J connectivity index is 1.09. The van der Waals surface area contributed by atoms with Crippen LogP contribution in [-0.4, -0.2) is 326 Å². The fourth-order valence-corrected chi connectivity index (χ4v) is 9.75. The number of aliphatic hydroxyl groups is 18. The number of carbonyl (C=O) groups excluding carboxylic acids is 2. The first-order valence-corrected chi connectivity index (χ1v) is 23.2. The third-order valence-corrected chi connectivity index (χ3v) is 13.8. The Morgan fingerprint density at radius 2 is 0.904 bits per heavy atom.